The van der Waals surface area contributed by atoms with Crippen molar-refractivity contribution in [1.82, 2.24) is 14.7 Å². The summed E-state index contributed by atoms with van der Waals surface area (Å²) in [4.78, 5) is 2.59. The number of piperidine rings is 1. The number of aromatic nitrogens is 2. The molecule has 1 saturated carbocycles. The van der Waals surface area contributed by atoms with Crippen LogP contribution in [0.5, 0.6) is 5.75 Å². The number of hydrogen-bond acceptors (Lipinski definition) is 4. The zero-order valence-corrected chi connectivity index (χ0v) is 18.2. The van der Waals surface area contributed by atoms with E-state index in [1.807, 2.05) is 47.4 Å². The van der Waals surface area contributed by atoms with Crippen molar-refractivity contribution in [3.05, 3.63) is 78.1 Å². The second kappa shape index (κ2) is 8.48. The summed E-state index contributed by atoms with van der Waals surface area (Å²) in [5, 5.41) is 16.3. The van der Waals surface area contributed by atoms with Crippen molar-refractivity contribution in [3.63, 3.8) is 0 Å². The van der Waals surface area contributed by atoms with Gasteiger partial charge in [0, 0.05) is 37.4 Å². The van der Waals surface area contributed by atoms with Gasteiger partial charge in [0.1, 0.15) is 5.75 Å². The number of fused-ring (bicyclic) bond motifs is 1. The molecule has 2 aliphatic rings. The minimum Gasteiger partial charge on any atom is -0.497 e. The Morgan fingerprint density at radius 2 is 1.94 bits per heavy atom. The normalized spacial score (nSPS) is 26.4. The summed E-state index contributed by atoms with van der Waals surface area (Å²) in [6.07, 6.45) is 9.20. The van der Waals surface area contributed by atoms with Crippen LogP contribution in [0.15, 0.2) is 67.0 Å². The first-order valence-electron chi connectivity index (χ1n) is 11.4. The van der Waals surface area contributed by atoms with Gasteiger partial charge < -0.3 is 9.84 Å². The maximum atomic E-state index is 11.8. The van der Waals surface area contributed by atoms with E-state index in [1.165, 1.54) is 18.4 Å². The Morgan fingerprint density at radius 1 is 1.10 bits per heavy atom. The largest absolute Gasteiger partial charge is 0.497 e. The van der Waals surface area contributed by atoms with E-state index in [0.29, 0.717) is 6.04 Å². The molecular weight excluding hydrogens is 386 g/mol. The number of nitrogens with zero attached hydrogens (tertiary/aromatic N) is 3. The Labute approximate surface area is 184 Å². The van der Waals surface area contributed by atoms with Crippen LogP contribution in [0.3, 0.4) is 0 Å². The van der Waals surface area contributed by atoms with Gasteiger partial charge in [0.15, 0.2) is 0 Å². The summed E-state index contributed by atoms with van der Waals surface area (Å²) >= 11 is 0. The van der Waals surface area contributed by atoms with Gasteiger partial charge in [0.2, 0.25) is 0 Å². The SMILES string of the molecule is COc1ccc(-n2cccn2)c(CN2CC[C@@](O)(c3ccccc3)[C@H]3CCCC[C@H]32)c1. The molecule has 0 spiro atoms. The van der Waals surface area contributed by atoms with Crippen LogP contribution in [0.2, 0.25) is 0 Å². The number of aliphatic hydroxyl groups is 1. The number of rotatable bonds is 5. The van der Waals surface area contributed by atoms with E-state index in [4.69, 9.17) is 4.74 Å². The van der Waals surface area contributed by atoms with Crippen LogP contribution in [0.4, 0.5) is 0 Å². The highest BCUT2D eigenvalue weighted by Gasteiger charge is 2.49. The molecule has 2 aromatic carbocycles. The van der Waals surface area contributed by atoms with Gasteiger partial charge in [-0.1, -0.05) is 43.2 Å². The average Bonchev–Trinajstić information content (AvgIpc) is 3.36. The number of ether oxygens (including phenoxy) is 1. The molecule has 31 heavy (non-hydrogen) atoms. The second-order valence-corrected chi connectivity index (χ2v) is 8.91. The van der Waals surface area contributed by atoms with Crippen molar-refractivity contribution in [1.29, 1.82) is 0 Å². The Morgan fingerprint density at radius 3 is 2.71 bits per heavy atom. The molecule has 5 rings (SSSR count). The number of methoxy groups -OCH3 is 1. The molecule has 1 N–H and O–H groups in total. The van der Waals surface area contributed by atoms with Crippen LogP contribution in [0.25, 0.3) is 5.69 Å². The topological polar surface area (TPSA) is 50.5 Å². The van der Waals surface area contributed by atoms with Crippen molar-refractivity contribution >= 4 is 0 Å². The summed E-state index contributed by atoms with van der Waals surface area (Å²) in [6, 6.07) is 18.9. The van der Waals surface area contributed by atoms with Gasteiger partial charge >= 0.3 is 0 Å². The molecule has 1 aliphatic carbocycles. The smallest absolute Gasteiger partial charge is 0.119 e. The van der Waals surface area contributed by atoms with Crippen LogP contribution in [-0.2, 0) is 12.1 Å². The zero-order valence-electron chi connectivity index (χ0n) is 18.2. The van der Waals surface area contributed by atoms with E-state index in [0.717, 1.165) is 49.4 Å². The molecule has 0 unspecified atom stereocenters. The Hall–Kier alpha value is -2.63. The number of benzene rings is 2. The predicted molar refractivity (Wildman–Crippen MR) is 121 cm³/mol. The van der Waals surface area contributed by atoms with Crippen LogP contribution < -0.4 is 4.74 Å². The zero-order chi connectivity index (χ0) is 21.3. The molecule has 3 atom stereocenters. The fourth-order valence-corrected chi connectivity index (χ4v) is 5.72. The quantitative estimate of drug-likeness (QED) is 0.663. The van der Waals surface area contributed by atoms with Crippen molar-refractivity contribution < 1.29 is 9.84 Å². The second-order valence-electron chi connectivity index (χ2n) is 8.91. The van der Waals surface area contributed by atoms with Crippen molar-refractivity contribution in [2.24, 2.45) is 5.92 Å². The van der Waals surface area contributed by atoms with Crippen LogP contribution >= 0.6 is 0 Å². The van der Waals surface area contributed by atoms with E-state index in [1.54, 1.807) is 7.11 Å². The van der Waals surface area contributed by atoms with E-state index < -0.39 is 5.60 Å². The third-order valence-electron chi connectivity index (χ3n) is 7.28. The average molecular weight is 418 g/mol. The van der Waals surface area contributed by atoms with Gasteiger partial charge in [-0.3, -0.25) is 4.90 Å². The summed E-state index contributed by atoms with van der Waals surface area (Å²) in [5.41, 5.74) is 2.63. The van der Waals surface area contributed by atoms with Crippen LogP contribution in [-0.4, -0.2) is 39.5 Å². The van der Waals surface area contributed by atoms with Gasteiger partial charge in [-0.25, -0.2) is 4.68 Å². The lowest BCUT2D eigenvalue weighted by atomic mass is 9.66. The van der Waals surface area contributed by atoms with Crippen molar-refractivity contribution in [3.8, 4) is 11.4 Å². The van der Waals surface area contributed by atoms with Gasteiger partial charge in [-0.05, 0) is 54.7 Å². The van der Waals surface area contributed by atoms with Gasteiger partial charge in [0.25, 0.3) is 0 Å². The molecule has 1 aliphatic heterocycles. The summed E-state index contributed by atoms with van der Waals surface area (Å²) in [6.45, 7) is 1.71. The maximum Gasteiger partial charge on any atom is 0.119 e. The summed E-state index contributed by atoms with van der Waals surface area (Å²) < 4.78 is 7.45. The van der Waals surface area contributed by atoms with Crippen molar-refractivity contribution in [2.45, 2.75) is 50.3 Å². The Kier molecular flexibility index (Phi) is 5.55. The van der Waals surface area contributed by atoms with E-state index in [-0.39, 0.29) is 5.92 Å². The van der Waals surface area contributed by atoms with Gasteiger partial charge in [0.05, 0.1) is 18.4 Å². The maximum absolute atomic E-state index is 11.8. The molecule has 1 saturated heterocycles. The standard InChI is InChI=1S/C26H31N3O2/c1-31-22-12-13-24(29-16-7-15-27-29)20(18-22)19-28-17-14-26(30,21-8-3-2-4-9-21)23-10-5-6-11-25(23)28/h2-4,7-9,12-13,15-16,18,23,25,30H,5-6,10-11,14,17,19H2,1H3/t23-,25+,26+/m0/s1. The van der Waals surface area contributed by atoms with Gasteiger partial charge in [-0.2, -0.15) is 5.10 Å². The first-order valence-corrected chi connectivity index (χ1v) is 11.4. The highest BCUT2D eigenvalue weighted by molar-refractivity contribution is 5.45. The highest BCUT2D eigenvalue weighted by atomic mass is 16.5. The highest BCUT2D eigenvalue weighted by Crippen LogP contribution is 2.47. The lowest BCUT2D eigenvalue weighted by Crippen LogP contribution is -2.57. The van der Waals surface area contributed by atoms with E-state index in [2.05, 4.69) is 34.3 Å². The molecule has 3 aromatic rings. The third-order valence-corrected chi connectivity index (χ3v) is 7.28. The Bertz CT molecular complexity index is 1000. The van der Waals surface area contributed by atoms with E-state index in [9.17, 15) is 5.11 Å². The molecule has 0 bridgehead atoms. The van der Waals surface area contributed by atoms with E-state index >= 15 is 0 Å². The first kappa shape index (κ1) is 20.3. The lowest BCUT2D eigenvalue weighted by Gasteiger charge is -2.52. The summed E-state index contributed by atoms with van der Waals surface area (Å²) in [7, 11) is 1.71. The number of hydrogen-bond donors (Lipinski definition) is 1. The molecule has 5 nitrogen and oxygen atoms in total. The predicted octanol–water partition coefficient (Wildman–Crippen LogP) is 4.53. The summed E-state index contributed by atoms with van der Waals surface area (Å²) in [5.74, 6) is 1.13. The minimum atomic E-state index is -0.734. The monoisotopic (exact) mass is 417 g/mol. The lowest BCUT2D eigenvalue weighted by molar-refractivity contribution is -0.123. The molecule has 2 fully saturated rings. The van der Waals surface area contributed by atoms with Crippen molar-refractivity contribution in [2.75, 3.05) is 13.7 Å². The molecule has 0 amide bonds. The molecule has 5 heteroatoms. The van der Waals surface area contributed by atoms with Crippen LogP contribution in [0.1, 0.15) is 43.2 Å². The Balaban J connectivity index is 1.46. The van der Waals surface area contributed by atoms with Gasteiger partial charge in [-0.15, -0.1) is 0 Å². The first-order chi connectivity index (χ1) is 15.2. The molecule has 2 heterocycles. The molecular formula is C26H31N3O2. The fourth-order valence-electron chi connectivity index (χ4n) is 5.72. The minimum absolute atomic E-state index is 0.260. The number of likely N-dealkylation sites (tertiary alicyclic amines) is 1. The van der Waals surface area contributed by atoms with Crippen LogP contribution in [0, 0.1) is 5.92 Å². The molecule has 1 aromatic heterocycles. The molecule has 0 radical (unpaired) electrons. The third kappa shape index (κ3) is 3.77. The molecule has 162 valence electrons. The fraction of sp³-hybridized carbons (Fsp3) is 0.423.